The van der Waals surface area contributed by atoms with Crippen molar-refractivity contribution in [3.63, 3.8) is 0 Å². The molecule has 1 heterocycles. The van der Waals surface area contributed by atoms with Gasteiger partial charge in [0.1, 0.15) is 16.2 Å². The van der Waals surface area contributed by atoms with Gasteiger partial charge < -0.3 is 5.32 Å². The van der Waals surface area contributed by atoms with Crippen molar-refractivity contribution < 1.29 is 0 Å². The van der Waals surface area contributed by atoms with Crippen molar-refractivity contribution >= 4 is 50.0 Å². The highest BCUT2D eigenvalue weighted by molar-refractivity contribution is 14.1. The first-order valence-corrected chi connectivity index (χ1v) is 7.79. The number of hydrogen-bond donors (Lipinski definition) is 1. The molecule has 0 aliphatic rings. The number of hydrogen-bond acceptors (Lipinski definition) is 3. The minimum Gasteiger partial charge on any atom is -0.340 e. The van der Waals surface area contributed by atoms with Gasteiger partial charge in [-0.05, 0) is 62.8 Å². The van der Waals surface area contributed by atoms with Gasteiger partial charge in [0.15, 0.2) is 0 Å². The molecule has 0 saturated heterocycles. The van der Waals surface area contributed by atoms with Crippen molar-refractivity contribution in [2.75, 3.05) is 5.32 Å². The molecule has 0 aliphatic carbocycles. The predicted molar refractivity (Wildman–Crippen MR) is 90.9 cm³/mol. The lowest BCUT2D eigenvalue weighted by molar-refractivity contribution is 0.544. The second kappa shape index (κ2) is 5.75. The van der Waals surface area contributed by atoms with Gasteiger partial charge in [0, 0.05) is 20.7 Å². The van der Waals surface area contributed by atoms with E-state index in [-0.39, 0.29) is 5.41 Å². The van der Waals surface area contributed by atoms with Gasteiger partial charge in [-0.25, -0.2) is 9.97 Å². The fraction of sp³-hybridized carbons (Fsp3) is 0.286. The molecule has 2 aromatic rings. The fourth-order valence-corrected chi connectivity index (χ4v) is 2.24. The van der Waals surface area contributed by atoms with Crippen LogP contribution in [0.5, 0.6) is 0 Å². The van der Waals surface area contributed by atoms with Gasteiger partial charge in [-0.2, -0.15) is 0 Å². The first kappa shape index (κ1) is 14.7. The summed E-state index contributed by atoms with van der Waals surface area (Å²) < 4.78 is 2.00. The zero-order chi connectivity index (χ0) is 14.0. The molecule has 0 radical (unpaired) electrons. The Balaban J connectivity index is 2.30. The number of benzene rings is 1. The van der Waals surface area contributed by atoms with Crippen molar-refractivity contribution in [2.45, 2.75) is 26.2 Å². The normalized spacial score (nSPS) is 11.4. The van der Waals surface area contributed by atoms with E-state index in [0.29, 0.717) is 0 Å². The van der Waals surface area contributed by atoms with Crippen molar-refractivity contribution in [2.24, 2.45) is 0 Å². The number of anilines is 2. The van der Waals surface area contributed by atoms with E-state index in [2.05, 4.69) is 86.7 Å². The highest BCUT2D eigenvalue weighted by atomic mass is 127. The van der Waals surface area contributed by atoms with Crippen molar-refractivity contribution in [1.82, 2.24) is 9.97 Å². The van der Waals surface area contributed by atoms with E-state index in [1.807, 2.05) is 18.2 Å². The molecule has 0 fully saturated rings. The van der Waals surface area contributed by atoms with Crippen LogP contribution in [-0.4, -0.2) is 9.97 Å². The van der Waals surface area contributed by atoms with Gasteiger partial charge in [-0.15, -0.1) is 0 Å². The van der Waals surface area contributed by atoms with Gasteiger partial charge in [-0.1, -0.05) is 20.8 Å². The van der Waals surface area contributed by atoms with E-state index in [0.717, 1.165) is 21.9 Å². The maximum absolute atomic E-state index is 4.57. The Labute approximate surface area is 135 Å². The number of nitrogens with one attached hydrogen (secondary N) is 1. The number of halogens is 2. The third kappa shape index (κ3) is 4.14. The summed E-state index contributed by atoms with van der Waals surface area (Å²) in [6, 6.07) is 10.1. The fourth-order valence-electron chi connectivity index (χ4n) is 1.50. The van der Waals surface area contributed by atoms with E-state index in [9.17, 15) is 0 Å². The van der Waals surface area contributed by atoms with Gasteiger partial charge in [0.2, 0.25) is 0 Å². The molecular weight excluding hydrogens is 417 g/mol. The molecular formula is C14H15BrIN3. The lowest BCUT2D eigenvalue weighted by Crippen LogP contribution is -2.16. The molecule has 3 nitrogen and oxygen atoms in total. The SMILES string of the molecule is CC(C)(C)c1nc(Br)cc(Nc2ccc(I)cc2)n1. The topological polar surface area (TPSA) is 37.8 Å². The lowest BCUT2D eigenvalue weighted by Gasteiger charge is -2.18. The van der Waals surface area contributed by atoms with E-state index < -0.39 is 0 Å². The third-order valence-electron chi connectivity index (χ3n) is 2.48. The van der Waals surface area contributed by atoms with Crippen LogP contribution in [0.25, 0.3) is 0 Å². The van der Waals surface area contributed by atoms with Crippen molar-refractivity contribution in [3.05, 3.63) is 44.3 Å². The van der Waals surface area contributed by atoms with E-state index in [1.165, 1.54) is 3.57 Å². The smallest absolute Gasteiger partial charge is 0.137 e. The van der Waals surface area contributed by atoms with Crippen LogP contribution in [0.3, 0.4) is 0 Å². The quantitative estimate of drug-likeness (QED) is 0.543. The molecule has 0 saturated carbocycles. The van der Waals surface area contributed by atoms with E-state index in [1.54, 1.807) is 0 Å². The molecule has 0 aliphatic heterocycles. The van der Waals surface area contributed by atoms with Crippen LogP contribution in [0, 0.1) is 3.57 Å². The summed E-state index contributed by atoms with van der Waals surface area (Å²) in [5, 5.41) is 3.30. The summed E-state index contributed by atoms with van der Waals surface area (Å²) in [6.07, 6.45) is 0. The molecule has 100 valence electrons. The summed E-state index contributed by atoms with van der Waals surface area (Å²) in [5.74, 6) is 1.61. The Morgan fingerprint density at radius 1 is 1.11 bits per heavy atom. The number of nitrogens with zero attached hydrogens (tertiary/aromatic N) is 2. The largest absolute Gasteiger partial charge is 0.340 e. The first-order valence-electron chi connectivity index (χ1n) is 5.92. The number of rotatable bonds is 2. The summed E-state index contributed by atoms with van der Waals surface area (Å²) in [5.41, 5.74) is 0.942. The zero-order valence-electron chi connectivity index (χ0n) is 11.0. The first-order chi connectivity index (χ1) is 8.84. The van der Waals surface area contributed by atoms with Crippen LogP contribution < -0.4 is 5.32 Å². The van der Waals surface area contributed by atoms with Crippen LogP contribution in [0.2, 0.25) is 0 Å². The van der Waals surface area contributed by atoms with Gasteiger partial charge in [0.25, 0.3) is 0 Å². The summed E-state index contributed by atoms with van der Waals surface area (Å²) in [6.45, 7) is 6.30. The summed E-state index contributed by atoms with van der Waals surface area (Å²) >= 11 is 5.73. The monoisotopic (exact) mass is 431 g/mol. The van der Waals surface area contributed by atoms with E-state index in [4.69, 9.17) is 0 Å². The molecule has 0 spiro atoms. The van der Waals surface area contributed by atoms with Gasteiger partial charge >= 0.3 is 0 Å². The maximum atomic E-state index is 4.57. The Kier molecular flexibility index (Phi) is 4.45. The molecule has 0 amide bonds. The highest BCUT2D eigenvalue weighted by Crippen LogP contribution is 2.24. The zero-order valence-corrected chi connectivity index (χ0v) is 14.8. The average Bonchev–Trinajstić information content (AvgIpc) is 2.30. The molecule has 2 rings (SSSR count). The minimum atomic E-state index is -0.0771. The Morgan fingerprint density at radius 3 is 2.32 bits per heavy atom. The molecule has 0 atom stereocenters. The van der Waals surface area contributed by atoms with Crippen LogP contribution in [0.1, 0.15) is 26.6 Å². The predicted octanol–water partition coefficient (Wildman–Crippen LogP) is 4.88. The highest BCUT2D eigenvalue weighted by Gasteiger charge is 2.18. The van der Waals surface area contributed by atoms with E-state index >= 15 is 0 Å². The minimum absolute atomic E-state index is 0.0771. The Hall–Kier alpha value is -0.690. The summed E-state index contributed by atoms with van der Waals surface area (Å²) in [7, 11) is 0. The number of aromatic nitrogens is 2. The van der Waals surface area contributed by atoms with Crippen LogP contribution in [0.4, 0.5) is 11.5 Å². The van der Waals surface area contributed by atoms with Crippen molar-refractivity contribution in [1.29, 1.82) is 0 Å². The lowest BCUT2D eigenvalue weighted by atomic mass is 9.96. The molecule has 1 N–H and O–H groups in total. The Morgan fingerprint density at radius 2 is 1.74 bits per heavy atom. The maximum Gasteiger partial charge on any atom is 0.137 e. The van der Waals surface area contributed by atoms with Gasteiger partial charge in [0.05, 0.1) is 0 Å². The summed E-state index contributed by atoms with van der Waals surface area (Å²) in [4.78, 5) is 8.99. The van der Waals surface area contributed by atoms with Crippen LogP contribution in [0.15, 0.2) is 34.9 Å². The van der Waals surface area contributed by atoms with Crippen molar-refractivity contribution in [3.8, 4) is 0 Å². The molecule has 0 bridgehead atoms. The standard InChI is InChI=1S/C14H15BrIN3/c1-14(2,3)13-18-11(15)8-12(19-13)17-10-6-4-9(16)5-7-10/h4-8H,1-3H3,(H,17,18,19). The van der Waals surface area contributed by atoms with Gasteiger partial charge in [-0.3, -0.25) is 0 Å². The average molecular weight is 432 g/mol. The molecule has 0 unspecified atom stereocenters. The molecule has 1 aromatic carbocycles. The Bertz CT molecular complexity index is 576. The molecule has 5 heteroatoms. The second-order valence-electron chi connectivity index (χ2n) is 5.28. The van der Waals surface area contributed by atoms with Crippen LogP contribution >= 0.6 is 38.5 Å². The van der Waals surface area contributed by atoms with Crippen LogP contribution in [-0.2, 0) is 5.41 Å². The molecule has 19 heavy (non-hydrogen) atoms. The second-order valence-corrected chi connectivity index (χ2v) is 7.34. The molecule has 1 aromatic heterocycles. The third-order valence-corrected chi connectivity index (χ3v) is 3.61.